The molecule has 0 aromatic heterocycles. The minimum Gasteiger partial charge on any atom is -0.321 e. The number of halogens is 4. The lowest BCUT2D eigenvalue weighted by molar-refractivity contribution is -0.137. The first-order valence-corrected chi connectivity index (χ1v) is 8.10. The molecule has 1 amide bonds. The number of benzene rings is 3. The van der Waals surface area contributed by atoms with Crippen molar-refractivity contribution in [1.82, 2.24) is 0 Å². The van der Waals surface area contributed by atoms with Crippen molar-refractivity contribution in [3.63, 3.8) is 0 Å². The molecule has 1 N–H and O–H groups in total. The Labute approximate surface area is 149 Å². The van der Waals surface area contributed by atoms with E-state index in [4.69, 9.17) is 0 Å². The molecule has 122 valence electrons. The molecule has 3 rings (SSSR count). The maximum Gasteiger partial charge on any atom is 0.418 e. The Kier molecular flexibility index (Phi) is 4.49. The standard InChI is InChI=1S/C18H11F3INO/c19-18(20,21)15-10-12(22)8-9-16(15)23-17(24)14-7-3-5-11-4-1-2-6-13(11)14/h1-10H,(H,23,24). The molecule has 0 unspecified atom stereocenters. The number of anilines is 1. The van der Waals surface area contributed by atoms with Gasteiger partial charge in [-0.15, -0.1) is 0 Å². The SMILES string of the molecule is O=C(Nc1ccc(I)cc1C(F)(F)F)c1cccc2ccccc12. The average molecular weight is 441 g/mol. The van der Waals surface area contributed by atoms with Crippen LogP contribution in [0.3, 0.4) is 0 Å². The zero-order chi connectivity index (χ0) is 17.3. The second-order valence-electron chi connectivity index (χ2n) is 5.17. The third-order valence-corrected chi connectivity index (χ3v) is 4.24. The van der Waals surface area contributed by atoms with Gasteiger partial charge in [0.25, 0.3) is 5.91 Å². The van der Waals surface area contributed by atoms with Crippen molar-refractivity contribution in [3.05, 3.63) is 75.4 Å². The van der Waals surface area contributed by atoms with Crippen LogP contribution in [0.1, 0.15) is 15.9 Å². The molecule has 0 heterocycles. The van der Waals surface area contributed by atoms with Gasteiger partial charge in [0.2, 0.25) is 0 Å². The Hall–Kier alpha value is -2.09. The fraction of sp³-hybridized carbons (Fsp3) is 0.0556. The van der Waals surface area contributed by atoms with Gasteiger partial charge in [-0.3, -0.25) is 4.79 Å². The van der Waals surface area contributed by atoms with Gasteiger partial charge < -0.3 is 5.32 Å². The summed E-state index contributed by atoms with van der Waals surface area (Å²) in [6.07, 6.45) is -4.54. The molecule has 0 radical (unpaired) electrons. The Morgan fingerprint density at radius 3 is 2.42 bits per heavy atom. The van der Waals surface area contributed by atoms with Gasteiger partial charge in [0.1, 0.15) is 0 Å². The van der Waals surface area contributed by atoms with Crippen LogP contribution in [0.2, 0.25) is 0 Å². The molecular weight excluding hydrogens is 430 g/mol. The van der Waals surface area contributed by atoms with Crippen LogP contribution >= 0.6 is 22.6 Å². The molecule has 0 bridgehead atoms. The molecule has 0 saturated heterocycles. The number of fused-ring (bicyclic) bond motifs is 1. The van der Waals surface area contributed by atoms with Gasteiger partial charge in [-0.2, -0.15) is 13.2 Å². The van der Waals surface area contributed by atoms with E-state index in [1.807, 2.05) is 18.2 Å². The highest BCUT2D eigenvalue weighted by atomic mass is 127. The van der Waals surface area contributed by atoms with E-state index in [0.29, 0.717) is 14.5 Å². The fourth-order valence-electron chi connectivity index (χ4n) is 2.47. The third kappa shape index (κ3) is 3.38. The molecule has 0 spiro atoms. The summed E-state index contributed by atoms with van der Waals surface area (Å²) in [7, 11) is 0. The van der Waals surface area contributed by atoms with E-state index in [-0.39, 0.29) is 5.69 Å². The predicted molar refractivity (Wildman–Crippen MR) is 96.1 cm³/mol. The Morgan fingerprint density at radius 2 is 1.67 bits per heavy atom. The monoisotopic (exact) mass is 441 g/mol. The normalized spacial score (nSPS) is 11.5. The summed E-state index contributed by atoms with van der Waals surface area (Å²) in [5.41, 5.74) is -0.774. The topological polar surface area (TPSA) is 29.1 Å². The van der Waals surface area contributed by atoms with E-state index < -0.39 is 17.6 Å². The van der Waals surface area contributed by atoms with Crippen molar-refractivity contribution in [2.45, 2.75) is 6.18 Å². The highest BCUT2D eigenvalue weighted by Crippen LogP contribution is 2.36. The molecule has 0 aliphatic rings. The molecule has 3 aromatic carbocycles. The zero-order valence-corrected chi connectivity index (χ0v) is 14.4. The Balaban J connectivity index is 2.01. The molecule has 0 fully saturated rings. The van der Waals surface area contributed by atoms with Gasteiger partial charge in [-0.1, -0.05) is 36.4 Å². The van der Waals surface area contributed by atoms with Gasteiger partial charge in [0.05, 0.1) is 11.3 Å². The Morgan fingerprint density at radius 1 is 0.958 bits per heavy atom. The second-order valence-corrected chi connectivity index (χ2v) is 6.41. The molecule has 6 heteroatoms. The number of rotatable bonds is 2. The summed E-state index contributed by atoms with van der Waals surface area (Å²) in [6.45, 7) is 0. The van der Waals surface area contributed by atoms with Gasteiger partial charge in [0, 0.05) is 9.13 Å². The Bertz CT molecular complexity index is 916. The number of nitrogens with one attached hydrogen (secondary N) is 1. The number of hydrogen-bond donors (Lipinski definition) is 1. The average Bonchev–Trinajstić information content (AvgIpc) is 2.55. The molecule has 0 aliphatic heterocycles. The molecule has 3 aromatic rings. The number of carbonyl (C=O) groups excluding carboxylic acids is 1. The van der Waals surface area contributed by atoms with E-state index in [9.17, 15) is 18.0 Å². The van der Waals surface area contributed by atoms with Crippen molar-refractivity contribution >= 4 is 45.0 Å². The fourth-order valence-corrected chi connectivity index (χ4v) is 2.96. The van der Waals surface area contributed by atoms with Crippen molar-refractivity contribution in [2.75, 3.05) is 5.32 Å². The number of amides is 1. The third-order valence-electron chi connectivity index (χ3n) is 3.57. The quantitative estimate of drug-likeness (QED) is 0.507. The lowest BCUT2D eigenvalue weighted by Gasteiger charge is -2.15. The van der Waals surface area contributed by atoms with Crippen molar-refractivity contribution in [3.8, 4) is 0 Å². The van der Waals surface area contributed by atoms with Crippen LogP contribution in [0.25, 0.3) is 10.8 Å². The predicted octanol–water partition coefficient (Wildman–Crippen LogP) is 5.72. The molecule has 0 aliphatic carbocycles. The highest BCUT2D eigenvalue weighted by Gasteiger charge is 2.34. The molecule has 0 saturated carbocycles. The largest absolute Gasteiger partial charge is 0.418 e. The minimum atomic E-state index is -4.54. The van der Waals surface area contributed by atoms with E-state index in [2.05, 4.69) is 5.32 Å². The second kappa shape index (κ2) is 6.43. The maximum atomic E-state index is 13.2. The van der Waals surface area contributed by atoms with Gasteiger partial charge in [0.15, 0.2) is 0 Å². The minimum absolute atomic E-state index is 0.249. The molecule has 2 nitrogen and oxygen atoms in total. The van der Waals surface area contributed by atoms with Crippen LogP contribution in [-0.4, -0.2) is 5.91 Å². The van der Waals surface area contributed by atoms with Crippen molar-refractivity contribution in [1.29, 1.82) is 0 Å². The van der Waals surface area contributed by atoms with Crippen LogP contribution < -0.4 is 5.32 Å². The van der Waals surface area contributed by atoms with Crippen LogP contribution in [-0.2, 0) is 6.18 Å². The summed E-state index contributed by atoms with van der Waals surface area (Å²) in [5, 5.41) is 3.93. The van der Waals surface area contributed by atoms with Crippen LogP contribution in [0.4, 0.5) is 18.9 Å². The number of carbonyl (C=O) groups is 1. The number of alkyl halides is 3. The van der Waals surface area contributed by atoms with E-state index in [1.54, 1.807) is 46.9 Å². The van der Waals surface area contributed by atoms with E-state index in [1.165, 1.54) is 12.1 Å². The highest BCUT2D eigenvalue weighted by molar-refractivity contribution is 14.1. The number of hydrogen-bond acceptors (Lipinski definition) is 1. The maximum absolute atomic E-state index is 13.2. The molecule has 0 atom stereocenters. The van der Waals surface area contributed by atoms with Crippen molar-refractivity contribution in [2.24, 2.45) is 0 Å². The summed E-state index contributed by atoms with van der Waals surface area (Å²) < 4.78 is 40.0. The van der Waals surface area contributed by atoms with Crippen LogP contribution in [0.5, 0.6) is 0 Å². The lowest BCUT2D eigenvalue weighted by Crippen LogP contribution is -2.17. The zero-order valence-electron chi connectivity index (χ0n) is 12.2. The van der Waals surface area contributed by atoms with Crippen molar-refractivity contribution < 1.29 is 18.0 Å². The molecular formula is C18H11F3INO. The van der Waals surface area contributed by atoms with Gasteiger partial charge in [-0.05, 0) is 57.6 Å². The first kappa shape index (κ1) is 16.8. The van der Waals surface area contributed by atoms with Crippen LogP contribution in [0.15, 0.2) is 60.7 Å². The summed E-state index contributed by atoms with van der Waals surface area (Å²) >= 11 is 1.81. The lowest BCUT2D eigenvalue weighted by atomic mass is 10.0. The summed E-state index contributed by atoms with van der Waals surface area (Å²) in [5.74, 6) is -0.571. The summed E-state index contributed by atoms with van der Waals surface area (Å²) in [4.78, 5) is 12.5. The van der Waals surface area contributed by atoms with E-state index in [0.717, 1.165) is 11.5 Å². The smallest absolute Gasteiger partial charge is 0.321 e. The van der Waals surface area contributed by atoms with Gasteiger partial charge >= 0.3 is 6.18 Å². The summed E-state index contributed by atoms with van der Waals surface area (Å²) in [6, 6.07) is 16.2. The van der Waals surface area contributed by atoms with Crippen LogP contribution in [0, 0.1) is 3.57 Å². The van der Waals surface area contributed by atoms with E-state index >= 15 is 0 Å². The first-order valence-electron chi connectivity index (χ1n) is 7.02. The molecule has 24 heavy (non-hydrogen) atoms. The first-order chi connectivity index (χ1) is 11.4. The van der Waals surface area contributed by atoms with Gasteiger partial charge in [-0.25, -0.2) is 0 Å².